The average molecular weight is 302 g/mol. The number of anilines is 1. The molecule has 0 saturated heterocycles. The van der Waals surface area contributed by atoms with Crippen LogP contribution in [0.15, 0.2) is 35.0 Å². The topological polar surface area (TPSA) is 15.3 Å². The van der Waals surface area contributed by atoms with Crippen molar-refractivity contribution in [1.82, 2.24) is 5.32 Å². The van der Waals surface area contributed by atoms with Crippen molar-refractivity contribution in [3.8, 4) is 0 Å². The lowest BCUT2D eigenvalue weighted by molar-refractivity contribution is 0.424. The Morgan fingerprint density at radius 1 is 1.19 bits per heavy atom. The highest BCUT2D eigenvalue weighted by Crippen LogP contribution is 2.21. The predicted molar refractivity (Wildman–Crippen MR) is 94.2 cm³/mol. The Balaban J connectivity index is 2.04. The van der Waals surface area contributed by atoms with E-state index in [2.05, 4.69) is 80.0 Å². The number of hydrogen-bond donors (Lipinski definition) is 1. The minimum absolute atomic E-state index is 0.154. The third kappa shape index (κ3) is 4.87. The monoisotopic (exact) mass is 302 g/mol. The molecule has 1 heterocycles. The van der Waals surface area contributed by atoms with Crippen LogP contribution in [0.2, 0.25) is 0 Å². The predicted octanol–water partition coefficient (Wildman–Crippen LogP) is 4.58. The molecule has 0 aliphatic heterocycles. The molecule has 0 bridgehead atoms. The number of benzene rings is 1. The maximum Gasteiger partial charge on any atom is 0.0434 e. The Morgan fingerprint density at radius 2 is 1.95 bits per heavy atom. The lowest BCUT2D eigenvalue weighted by Gasteiger charge is -2.23. The molecule has 2 aromatic rings. The van der Waals surface area contributed by atoms with Gasteiger partial charge in [-0.15, -0.1) is 0 Å². The average Bonchev–Trinajstić information content (AvgIpc) is 2.89. The number of thiophene rings is 1. The van der Waals surface area contributed by atoms with Gasteiger partial charge in [0.05, 0.1) is 0 Å². The Kier molecular flexibility index (Phi) is 5.07. The minimum atomic E-state index is 0.154. The molecule has 21 heavy (non-hydrogen) atoms. The fraction of sp³-hybridized carbons (Fsp3) is 0.444. The van der Waals surface area contributed by atoms with Gasteiger partial charge in [0.15, 0.2) is 0 Å². The molecule has 0 atom stereocenters. The third-order valence-electron chi connectivity index (χ3n) is 3.58. The standard InChI is InChI=1S/C18H26N2S/c1-14-10-17(20(5)12-15-8-9-21-13-15)7-6-16(14)11-19-18(2,3)4/h6-10,13,19H,11-12H2,1-5H3. The van der Waals surface area contributed by atoms with Gasteiger partial charge in [0.2, 0.25) is 0 Å². The fourth-order valence-electron chi connectivity index (χ4n) is 2.22. The van der Waals surface area contributed by atoms with E-state index in [4.69, 9.17) is 0 Å². The summed E-state index contributed by atoms with van der Waals surface area (Å²) < 4.78 is 0. The molecule has 0 aliphatic carbocycles. The zero-order chi connectivity index (χ0) is 15.5. The highest BCUT2D eigenvalue weighted by molar-refractivity contribution is 7.07. The van der Waals surface area contributed by atoms with Crippen LogP contribution >= 0.6 is 11.3 Å². The summed E-state index contributed by atoms with van der Waals surface area (Å²) in [6, 6.07) is 8.94. The molecule has 1 aromatic heterocycles. The van der Waals surface area contributed by atoms with Crippen LogP contribution in [-0.4, -0.2) is 12.6 Å². The van der Waals surface area contributed by atoms with Crippen LogP contribution in [-0.2, 0) is 13.1 Å². The van der Waals surface area contributed by atoms with E-state index in [0.29, 0.717) is 0 Å². The molecule has 3 heteroatoms. The Morgan fingerprint density at radius 3 is 2.52 bits per heavy atom. The van der Waals surface area contributed by atoms with Gasteiger partial charge >= 0.3 is 0 Å². The summed E-state index contributed by atoms with van der Waals surface area (Å²) in [5.41, 5.74) is 5.52. The van der Waals surface area contributed by atoms with Crippen LogP contribution in [0.1, 0.15) is 37.5 Å². The molecule has 0 unspecified atom stereocenters. The fourth-order valence-corrected chi connectivity index (χ4v) is 2.88. The van der Waals surface area contributed by atoms with Gasteiger partial charge in [-0.1, -0.05) is 6.07 Å². The Labute approximate surface area is 132 Å². The molecule has 2 nitrogen and oxygen atoms in total. The molecule has 0 amide bonds. The summed E-state index contributed by atoms with van der Waals surface area (Å²) in [4.78, 5) is 2.30. The minimum Gasteiger partial charge on any atom is -0.370 e. The summed E-state index contributed by atoms with van der Waals surface area (Å²) >= 11 is 1.76. The van der Waals surface area contributed by atoms with E-state index in [1.54, 1.807) is 11.3 Å². The molecule has 1 aromatic carbocycles. The summed E-state index contributed by atoms with van der Waals surface area (Å²) in [5, 5.41) is 7.90. The van der Waals surface area contributed by atoms with E-state index in [1.807, 2.05) is 0 Å². The van der Waals surface area contributed by atoms with Crippen molar-refractivity contribution in [3.05, 3.63) is 51.7 Å². The first-order valence-corrected chi connectivity index (χ1v) is 8.36. The zero-order valence-electron chi connectivity index (χ0n) is 13.7. The van der Waals surface area contributed by atoms with Crippen LogP contribution in [0, 0.1) is 6.92 Å². The van der Waals surface area contributed by atoms with Gasteiger partial charge in [0.25, 0.3) is 0 Å². The maximum absolute atomic E-state index is 3.55. The van der Waals surface area contributed by atoms with Crippen molar-refractivity contribution in [2.75, 3.05) is 11.9 Å². The van der Waals surface area contributed by atoms with Crippen molar-refractivity contribution < 1.29 is 0 Å². The zero-order valence-corrected chi connectivity index (χ0v) is 14.6. The van der Waals surface area contributed by atoms with Gasteiger partial charge < -0.3 is 10.2 Å². The van der Waals surface area contributed by atoms with Crippen molar-refractivity contribution in [2.45, 2.75) is 46.3 Å². The summed E-state index contributed by atoms with van der Waals surface area (Å²) in [6.45, 7) is 10.7. The van der Waals surface area contributed by atoms with Crippen molar-refractivity contribution in [2.24, 2.45) is 0 Å². The summed E-state index contributed by atoms with van der Waals surface area (Å²) in [5.74, 6) is 0. The van der Waals surface area contributed by atoms with Gasteiger partial charge in [-0.3, -0.25) is 0 Å². The van der Waals surface area contributed by atoms with E-state index < -0.39 is 0 Å². The first-order valence-electron chi connectivity index (χ1n) is 7.42. The van der Waals surface area contributed by atoms with Crippen LogP contribution < -0.4 is 10.2 Å². The number of nitrogens with zero attached hydrogens (tertiary/aromatic N) is 1. The molecule has 2 rings (SSSR count). The van der Waals surface area contributed by atoms with Crippen molar-refractivity contribution in [3.63, 3.8) is 0 Å². The maximum atomic E-state index is 3.55. The van der Waals surface area contributed by atoms with Gasteiger partial charge in [-0.25, -0.2) is 0 Å². The van der Waals surface area contributed by atoms with Gasteiger partial charge in [0, 0.05) is 31.4 Å². The molecular weight excluding hydrogens is 276 g/mol. The number of nitrogens with one attached hydrogen (secondary N) is 1. The Bertz CT molecular complexity index is 567. The highest BCUT2D eigenvalue weighted by Gasteiger charge is 2.10. The third-order valence-corrected chi connectivity index (χ3v) is 4.31. The summed E-state index contributed by atoms with van der Waals surface area (Å²) in [7, 11) is 2.15. The van der Waals surface area contributed by atoms with E-state index >= 15 is 0 Å². The quantitative estimate of drug-likeness (QED) is 0.869. The van der Waals surface area contributed by atoms with E-state index in [1.165, 1.54) is 22.4 Å². The molecule has 114 valence electrons. The molecular formula is C18H26N2S. The Hall–Kier alpha value is -1.32. The van der Waals surface area contributed by atoms with Crippen LogP contribution in [0.4, 0.5) is 5.69 Å². The van der Waals surface area contributed by atoms with E-state index in [-0.39, 0.29) is 5.54 Å². The van der Waals surface area contributed by atoms with E-state index in [9.17, 15) is 0 Å². The molecule has 0 fully saturated rings. The highest BCUT2D eigenvalue weighted by atomic mass is 32.1. The molecule has 0 aliphatic rings. The van der Waals surface area contributed by atoms with Crippen molar-refractivity contribution >= 4 is 17.0 Å². The van der Waals surface area contributed by atoms with Gasteiger partial charge in [-0.2, -0.15) is 11.3 Å². The van der Waals surface area contributed by atoms with Crippen LogP contribution in [0.5, 0.6) is 0 Å². The molecule has 0 spiro atoms. The first kappa shape index (κ1) is 16.1. The second-order valence-electron chi connectivity index (χ2n) is 6.70. The van der Waals surface area contributed by atoms with Gasteiger partial charge in [0.1, 0.15) is 0 Å². The van der Waals surface area contributed by atoms with Crippen molar-refractivity contribution in [1.29, 1.82) is 0 Å². The van der Waals surface area contributed by atoms with Crippen LogP contribution in [0.25, 0.3) is 0 Å². The smallest absolute Gasteiger partial charge is 0.0434 e. The van der Waals surface area contributed by atoms with Crippen LogP contribution in [0.3, 0.4) is 0 Å². The lowest BCUT2D eigenvalue weighted by Crippen LogP contribution is -2.35. The molecule has 0 radical (unpaired) electrons. The second-order valence-corrected chi connectivity index (χ2v) is 7.48. The number of aryl methyl sites for hydroxylation is 1. The molecule has 1 N–H and O–H groups in total. The molecule has 0 saturated carbocycles. The first-order chi connectivity index (χ1) is 9.85. The lowest BCUT2D eigenvalue weighted by atomic mass is 10.0. The van der Waals surface area contributed by atoms with E-state index in [0.717, 1.165) is 13.1 Å². The largest absolute Gasteiger partial charge is 0.370 e. The SMILES string of the molecule is Cc1cc(N(C)Cc2ccsc2)ccc1CNC(C)(C)C. The normalized spacial score (nSPS) is 11.7. The second kappa shape index (κ2) is 6.63. The van der Waals surface area contributed by atoms with Gasteiger partial charge in [-0.05, 0) is 73.3 Å². The number of rotatable bonds is 5. The summed E-state index contributed by atoms with van der Waals surface area (Å²) in [6.07, 6.45) is 0. The number of hydrogen-bond acceptors (Lipinski definition) is 3.